The quantitative estimate of drug-likeness (QED) is 0.370. The van der Waals surface area contributed by atoms with Crippen LogP contribution in [0.3, 0.4) is 0 Å². The van der Waals surface area contributed by atoms with Crippen molar-refractivity contribution in [1.82, 2.24) is 24.7 Å². The van der Waals surface area contributed by atoms with Crippen LogP contribution >= 0.6 is 0 Å². The van der Waals surface area contributed by atoms with E-state index in [1.807, 2.05) is 6.92 Å². The molecule has 196 valence electrons. The molecule has 12 heteroatoms. The molecule has 0 saturated heterocycles. The van der Waals surface area contributed by atoms with Crippen LogP contribution in [0.5, 0.6) is 0 Å². The number of nitrogens with one attached hydrogen (secondary N) is 2. The molecule has 2 N–H and O–H groups in total. The molecule has 2 aromatic carbocycles. The minimum atomic E-state index is -4.62. The highest BCUT2D eigenvalue weighted by atomic mass is 19.4. The van der Waals surface area contributed by atoms with E-state index in [1.165, 1.54) is 35.7 Å². The summed E-state index contributed by atoms with van der Waals surface area (Å²) >= 11 is 0. The third-order valence-electron chi connectivity index (χ3n) is 5.90. The lowest BCUT2D eigenvalue weighted by atomic mass is 10.0. The first kappa shape index (κ1) is 25.6. The van der Waals surface area contributed by atoms with Gasteiger partial charge < -0.3 is 10.6 Å². The Morgan fingerprint density at radius 2 is 1.74 bits per heavy atom. The molecule has 1 aliphatic rings. The lowest BCUT2D eigenvalue weighted by Crippen LogP contribution is -2.14. The van der Waals surface area contributed by atoms with Crippen LogP contribution in [0.2, 0.25) is 0 Å². The molecule has 1 aliphatic carbocycles. The molecule has 1 saturated carbocycles. The van der Waals surface area contributed by atoms with E-state index < -0.39 is 17.6 Å². The Balaban J connectivity index is 1.34. The highest BCUT2D eigenvalue weighted by Crippen LogP contribution is 2.33. The minimum absolute atomic E-state index is 0.0448. The molecule has 2 aromatic heterocycles. The van der Waals surface area contributed by atoms with E-state index in [0.717, 1.165) is 30.5 Å². The molecule has 39 heavy (non-hydrogen) atoms. The molecule has 0 bridgehead atoms. The fraction of sp³-hybridized carbons (Fsp3) is 0.185. The van der Waals surface area contributed by atoms with Crippen molar-refractivity contribution in [3.63, 3.8) is 0 Å². The smallest absolute Gasteiger partial charge is 0.322 e. The van der Waals surface area contributed by atoms with Gasteiger partial charge in [0.05, 0.1) is 23.6 Å². The Hall–Kier alpha value is -5.05. The van der Waals surface area contributed by atoms with Crippen LogP contribution in [0.4, 0.5) is 24.7 Å². The average Bonchev–Trinajstić information content (AvgIpc) is 3.62. The lowest BCUT2D eigenvalue weighted by Gasteiger charge is -2.13. The number of carbonyl (C=O) groups is 2. The zero-order valence-electron chi connectivity index (χ0n) is 20.5. The molecular weight excluding hydrogens is 511 g/mol. The summed E-state index contributed by atoms with van der Waals surface area (Å²) in [6, 6.07) is 7.98. The third kappa shape index (κ3) is 6.27. The van der Waals surface area contributed by atoms with E-state index >= 15 is 0 Å². The molecular formula is C27H20F3N7O2. The van der Waals surface area contributed by atoms with E-state index in [1.54, 1.807) is 18.2 Å². The van der Waals surface area contributed by atoms with Crippen LogP contribution in [0.25, 0.3) is 5.69 Å². The van der Waals surface area contributed by atoms with Gasteiger partial charge in [-0.25, -0.2) is 9.97 Å². The Bertz CT molecular complexity index is 1600. The van der Waals surface area contributed by atoms with Crippen molar-refractivity contribution in [1.29, 1.82) is 0 Å². The molecule has 1 fully saturated rings. The summed E-state index contributed by atoms with van der Waals surface area (Å²) in [5.74, 6) is 5.52. The van der Waals surface area contributed by atoms with Gasteiger partial charge in [0.25, 0.3) is 5.91 Å². The zero-order chi connectivity index (χ0) is 27.6. The Morgan fingerprint density at radius 1 is 0.974 bits per heavy atom. The fourth-order valence-corrected chi connectivity index (χ4v) is 3.59. The van der Waals surface area contributed by atoms with Crippen molar-refractivity contribution in [2.45, 2.75) is 25.9 Å². The summed E-state index contributed by atoms with van der Waals surface area (Å²) in [5, 5.41) is 12.5. The predicted octanol–water partition coefficient (Wildman–Crippen LogP) is 4.39. The number of halogens is 3. The predicted molar refractivity (Wildman–Crippen MR) is 135 cm³/mol. The van der Waals surface area contributed by atoms with E-state index in [4.69, 9.17) is 0 Å². The second kappa shape index (κ2) is 10.4. The van der Waals surface area contributed by atoms with Gasteiger partial charge in [-0.15, -0.1) is 10.2 Å². The van der Waals surface area contributed by atoms with Gasteiger partial charge in [0.15, 0.2) is 5.82 Å². The summed E-state index contributed by atoms with van der Waals surface area (Å²) in [6.07, 6.45) is 2.50. The van der Waals surface area contributed by atoms with Gasteiger partial charge in [0.1, 0.15) is 18.3 Å². The van der Waals surface area contributed by atoms with Crippen molar-refractivity contribution in [2.24, 2.45) is 5.92 Å². The lowest BCUT2D eigenvalue weighted by molar-refractivity contribution is -0.137. The number of nitrogens with zero attached hydrogens (tertiary/aromatic N) is 5. The highest BCUT2D eigenvalue weighted by Gasteiger charge is 2.32. The van der Waals surface area contributed by atoms with Crippen LogP contribution in [-0.2, 0) is 11.0 Å². The first-order valence-corrected chi connectivity index (χ1v) is 11.8. The fourth-order valence-electron chi connectivity index (χ4n) is 3.59. The highest BCUT2D eigenvalue weighted by molar-refractivity contribution is 6.04. The normalized spacial score (nSPS) is 12.8. The van der Waals surface area contributed by atoms with Crippen LogP contribution < -0.4 is 10.6 Å². The van der Waals surface area contributed by atoms with Crippen molar-refractivity contribution in [2.75, 3.05) is 10.6 Å². The van der Waals surface area contributed by atoms with E-state index in [9.17, 15) is 22.8 Å². The summed E-state index contributed by atoms with van der Waals surface area (Å²) in [4.78, 5) is 33.2. The van der Waals surface area contributed by atoms with Crippen LogP contribution in [0.15, 0.2) is 61.4 Å². The molecule has 0 unspecified atom stereocenters. The second-order valence-corrected chi connectivity index (χ2v) is 8.92. The van der Waals surface area contributed by atoms with Crippen LogP contribution in [0.1, 0.15) is 45.6 Å². The topological polar surface area (TPSA) is 115 Å². The average molecular weight is 531 g/mol. The first-order chi connectivity index (χ1) is 18.7. The van der Waals surface area contributed by atoms with Gasteiger partial charge in [-0.05, 0) is 61.6 Å². The number of anilines is 2. The van der Waals surface area contributed by atoms with Crippen LogP contribution in [-0.4, -0.2) is 36.5 Å². The molecule has 9 nitrogen and oxygen atoms in total. The molecule has 0 aliphatic heterocycles. The largest absolute Gasteiger partial charge is 0.416 e. The maximum atomic E-state index is 13.5. The standard InChI is InChI=1S/C27H20F3N7O2/c1-16-2-3-19(8-18(16)6-7-21-12-32-24(13-31-21)36-25(38)17-4-5-17)26(39)35-22-9-20(27(28,29)30)10-23(11-22)37-14-33-34-15-37/h2-3,8-15,17H,4-5H2,1H3,(H,35,39)(H,32,36,38). The summed E-state index contributed by atoms with van der Waals surface area (Å²) in [6.45, 7) is 1.81. The summed E-state index contributed by atoms with van der Waals surface area (Å²) in [5.41, 5.74) is 1.05. The van der Waals surface area contributed by atoms with E-state index in [0.29, 0.717) is 17.1 Å². The number of amides is 2. The number of aromatic nitrogens is 5. The number of benzene rings is 2. The Labute approximate surface area is 220 Å². The van der Waals surface area contributed by atoms with Crippen molar-refractivity contribution < 1.29 is 22.8 Å². The molecule has 5 rings (SSSR count). The third-order valence-corrected chi connectivity index (χ3v) is 5.90. The monoisotopic (exact) mass is 531 g/mol. The summed E-state index contributed by atoms with van der Waals surface area (Å²) in [7, 11) is 0. The Morgan fingerprint density at radius 3 is 2.41 bits per heavy atom. The van der Waals surface area contributed by atoms with Gasteiger partial charge in [-0.1, -0.05) is 12.0 Å². The number of alkyl halides is 3. The number of hydrogen-bond acceptors (Lipinski definition) is 6. The molecule has 0 radical (unpaired) electrons. The maximum Gasteiger partial charge on any atom is 0.416 e. The maximum absolute atomic E-state index is 13.5. The van der Waals surface area contributed by atoms with Crippen molar-refractivity contribution in [3.8, 4) is 17.5 Å². The van der Waals surface area contributed by atoms with Gasteiger partial charge in [-0.3, -0.25) is 14.2 Å². The summed E-state index contributed by atoms with van der Waals surface area (Å²) < 4.78 is 41.8. The number of rotatable bonds is 5. The number of hydrogen-bond donors (Lipinski definition) is 2. The van der Waals surface area contributed by atoms with Gasteiger partial charge in [-0.2, -0.15) is 13.2 Å². The van der Waals surface area contributed by atoms with Gasteiger partial charge in [0.2, 0.25) is 5.91 Å². The zero-order valence-corrected chi connectivity index (χ0v) is 20.5. The van der Waals surface area contributed by atoms with Crippen molar-refractivity contribution in [3.05, 3.63) is 89.4 Å². The minimum Gasteiger partial charge on any atom is -0.322 e. The van der Waals surface area contributed by atoms with Crippen molar-refractivity contribution >= 4 is 23.3 Å². The second-order valence-electron chi connectivity index (χ2n) is 8.92. The number of aryl methyl sites for hydroxylation is 1. The van der Waals surface area contributed by atoms with Crippen LogP contribution in [0, 0.1) is 24.7 Å². The number of carbonyl (C=O) groups excluding carboxylic acids is 2. The molecule has 4 aromatic rings. The van der Waals surface area contributed by atoms with E-state index in [2.05, 4.69) is 42.6 Å². The SMILES string of the molecule is Cc1ccc(C(=O)Nc2cc(-n3cnnc3)cc(C(F)(F)F)c2)cc1C#Cc1cnc(NC(=O)C2CC2)cn1. The molecule has 2 heterocycles. The molecule has 0 spiro atoms. The van der Waals surface area contributed by atoms with Gasteiger partial charge >= 0.3 is 6.18 Å². The molecule has 2 amide bonds. The first-order valence-electron chi connectivity index (χ1n) is 11.8. The van der Waals surface area contributed by atoms with Gasteiger partial charge in [0, 0.05) is 22.7 Å². The molecule has 0 atom stereocenters. The Kier molecular flexibility index (Phi) is 6.81. The van der Waals surface area contributed by atoms with E-state index in [-0.39, 0.29) is 28.8 Å².